The Morgan fingerprint density at radius 2 is 2.21 bits per heavy atom. The molecule has 1 aromatic heterocycles. The Morgan fingerprint density at radius 3 is 2.95 bits per heavy atom. The molecule has 0 fully saturated rings. The van der Waals surface area contributed by atoms with E-state index < -0.39 is 0 Å². The van der Waals surface area contributed by atoms with Crippen LogP contribution in [0.2, 0.25) is 0 Å². The van der Waals surface area contributed by atoms with Crippen molar-refractivity contribution in [1.29, 1.82) is 0 Å². The van der Waals surface area contributed by atoms with Crippen molar-refractivity contribution < 1.29 is 14.3 Å². The summed E-state index contributed by atoms with van der Waals surface area (Å²) < 4.78 is 10.4. The molecule has 1 aliphatic heterocycles. The zero-order valence-corrected chi connectivity index (χ0v) is 9.97. The smallest absolute Gasteiger partial charge is 0.253 e. The van der Waals surface area contributed by atoms with Gasteiger partial charge in [0.25, 0.3) is 5.91 Å². The first kappa shape index (κ1) is 11.4. The van der Waals surface area contributed by atoms with Gasteiger partial charge in [0.2, 0.25) is 6.79 Å². The second kappa shape index (κ2) is 4.52. The van der Waals surface area contributed by atoms with Crippen LogP contribution >= 0.6 is 0 Å². The van der Waals surface area contributed by atoms with Crippen molar-refractivity contribution in [3.63, 3.8) is 0 Å². The summed E-state index contributed by atoms with van der Waals surface area (Å²) in [4.78, 5) is 12.0. The third-order valence-electron chi connectivity index (χ3n) is 2.79. The predicted molar refractivity (Wildman–Crippen MR) is 66.7 cm³/mol. The van der Waals surface area contributed by atoms with Crippen LogP contribution in [0.5, 0.6) is 11.5 Å². The Balaban J connectivity index is 1.76. The van der Waals surface area contributed by atoms with E-state index in [1.54, 1.807) is 24.4 Å². The number of amides is 1. The highest BCUT2D eigenvalue weighted by Crippen LogP contribution is 2.35. The predicted octanol–water partition coefficient (Wildman–Crippen LogP) is 0.651. The third kappa shape index (κ3) is 2.17. The van der Waals surface area contributed by atoms with Crippen LogP contribution in [0, 0.1) is 0 Å². The number of hydrogen-bond acceptors (Lipinski definition) is 5. The lowest BCUT2D eigenvalue weighted by Crippen LogP contribution is -2.24. The van der Waals surface area contributed by atoms with Crippen LogP contribution in [0.15, 0.2) is 24.4 Å². The number of carbonyl (C=O) groups is 1. The quantitative estimate of drug-likeness (QED) is 0.703. The number of fused-ring (bicyclic) bond motifs is 1. The van der Waals surface area contributed by atoms with E-state index in [-0.39, 0.29) is 12.7 Å². The number of rotatable bonds is 3. The minimum Gasteiger partial charge on any atom is -0.454 e. The number of aromatic amines is 1. The molecule has 0 radical (unpaired) electrons. The fourth-order valence-electron chi connectivity index (χ4n) is 1.81. The molecular formula is C12H12N4O3. The monoisotopic (exact) mass is 260 g/mol. The van der Waals surface area contributed by atoms with Gasteiger partial charge >= 0.3 is 0 Å². The molecule has 0 unspecified atom stereocenters. The van der Waals surface area contributed by atoms with Crippen LogP contribution in [0.3, 0.4) is 0 Å². The van der Waals surface area contributed by atoms with Gasteiger partial charge in [0, 0.05) is 18.0 Å². The van der Waals surface area contributed by atoms with E-state index in [1.165, 1.54) is 0 Å². The molecule has 1 amide bonds. The number of ether oxygens (including phenoxy) is 2. The molecule has 4 N–H and O–H groups in total. The number of nitrogens with one attached hydrogen (secondary N) is 2. The average molecular weight is 260 g/mol. The van der Waals surface area contributed by atoms with Crippen molar-refractivity contribution in [3.05, 3.63) is 35.7 Å². The van der Waals surface area contributed by atoms with Crippen molar-refractivity contribution in [3.8, 4) is 11.5 Å². The molecule has 0 aliphatic carbocycles. The maximum absolute atomic E-state index is 12.0. The van der Waals surface area contributed by atoms with Gasteiger partial charge in [-0.05, 0) is 12.1 Å². The number of carbonyl (C=O) groups excluding carboxylic acids is 1. The lowest BCUT2D eigenvalue weighted by molar-refractivity contribution is 0.0951. The number of hydrogen-bond donors (Lipinski definition) is 3. The Morgan fingerprint density at radius 1 is 1.42 bits per heavy atom. The molecule has 19 heavy (non-hydrogen) atoms. The van der Waals surface area contributed by atoms with Crippen LogP contribution in [-0.4, -0.2) is 22.9 Å². The lowest BCUT2D eigenvalue weighted by atomic mass is 10.1. The summed E-state index contributed by atoms with van der Waals surface area (Å²) in [7, 11) is 0. The number of aromatic nitrogens is 2. The number of nitrogens with two attached hydrogens (primary N) is 1. The molecule has 98 valence electrons. The number of anilines is 1. The summed E-state index contributed by atoms with van der Waals surface area (Å²) in [5.41, 5.74) is 7.36. The molecule has 0 saturated heterocycles. The van der Waals surface area contributed by atoms with E-state index in [9.17, 15) is 4.79 Å². The molecule has 7 heteroatoms. The maximum atomic E-state index is 12.0. The summed E-state index contributed by atoms with van der Waals surface area (Å²) in [5.74, 6) is 0.814. The van der Waals surface area contributed by atoms with Crippen molar-refractivity contribution in [2.24, 2.45) is 0 Å². The summed E-state index contributed by atoms with van der Waals surface area (Å²) in [6.45, 7) is 0.501. The van der Waals surface area contributed by atoms with Gasteiger partial charge in [0.1, 0.15) is 0 Å². The molecular weight excluding hydrogens is 248 g/mol. The highest BCUT2D eigenvalue weighted by atomic mass is 16.7. The molecule has 3 rings (SSSR count). The minimum atomic E-state index is -0.273. The van der Waals surface area contributed by atoms with Gasteiger partial charge in [0.15, 0.2) is 11.5 Å². The maximum Gasteiger partial charge on any atom is 0.253 e. The van der Waals surface area contributed by atoms with Gasteiger partial charge in [-0.1, -0.05) is 0 Å². The fraction of sp³-hybridized carbons (Fsp3) is 0.167. The summed E-state index contributed by atoms with van der Waals surface area (Å²) in [6.07, 6.45) is 1.62. The van der Waals surface area contributed by atoms with Crippen molar-refractivity contribution in [2.45, 2.75) is 6.54 Å². The van der Waals surface area contributed by atoms with E-state index in [0.717, 1.165) is 5.69 Å². The summed E-state index contributed by atoms with van der Waals surface area (Å²) in [6, 6.07) is 4.96. The summed E-state index contributed by atoms with van der Waals surface area (Å²) >= 11 is 0. The highest BCUT2D eigenvalue weighted by Gasteiger charge is 2.19. The van der Waals surface area contributed by atoms with Gasteiger partial charge < -0.3 is 20.5 Å². The van der Waals surface area contributed by atoms with E-state index in [0.29, 0.717) is 29.3 Å². The lowest BCUT2D eigenvalue weighted by Gasteiger charge is -2.07. The van der Waals surface area contributed by atoms with E-state index >= 15 is 0 Å². The molecule has 1 aromatic carbocycles. The van der Waals surface area contributed by atoms with Gasteiger partial charge in [-0.3, -0.25) is 9.89 Å². The van der Waals surface area contributed by atoms with Crippen LogP contribution < -0.4 is 20.5 Å². The first-order chi connectivity index (χ1) is 9.24. The van der Waals surface area contributed by atoms with Crippen LogP contribution in [0.25, 0.3) is 0 Å². The molecule has 0 spiro atoms. The number of H-pyrrole nitrogens is 1. The number of nitrogens with zero attached hydrogens (tertiary/aromatic N) is 1. The molecule has 7 nitrogen and oxygen atoms in total. The summed E-state index contributed by atoms with van der Waals surface area (Å²) in [5, 5.41) is 9.31. The van der Waals surface area contributed by atoms with Crippen LogP contribution in [0.1, 0.15) is 16.1 Å². The van der Waals surface area contributed by atoms with Gasteiger partial charge in [-0.15, -0.1) is 0 Å². The largest absolute Gasteiger partial charge is 0.454 e. The Hall–Kier alpha value is -2.70. The zero-order chi connectivity index (χ0) is 13.2. The molecule has 0 saturated carbocycles. The standard InChI is InChI=1S/C12H12N4O3/c13-9-4-11-10(18-6-19-11)3-8(9)12(17)14-5-7-1-2-15-16-7/h1-4H,5-6,13H2,(H,14,17)(H,15,16). The number of benzene rings is 1. The van der Waals surface area contributed by atoms with E-state index in [2.05, 4.69) is 15.5 Å². The molecule has 2 aromatic rings. The highest BCUT2D eigenvalue weighted by molar-refractivity contribution is 6.00. The molecule has 0 atom stereocenters. The van der Waals surface area contributed by atoms with E-state index in [4.69, 9.17) is 15.2 Å². The Labute approximate surface area is 108 Å². The Kier molecular flexibility index (Phi) is 2.71. The van der Waals surface area contributed by atoms with Crippen LogP contribution in [-0.2, 0) is 6.54 Å². The normalized spacial score (nSPS) is 12.4. The SMILES string of the molecule is Nc1cc2c(cc1C(=O)NCc1ccn[nH]1)OCO2. The molecule has 2 heterocycles. The van der Waals surface area contributed by atoms with Gasteiger partial charge in [0.05, 0.1) is 17.8 Å². The average Bonchev–Trinajstić information content (AvgIpc) is 3.05. The van der Waals surface area contributed by atoms with Crippen molar-refractivity contribution in [2.75, 3.05) is 12.5 Å². The topological polar surface area (TPSA) is 102 Å². The second-order valence-corrected chi connectivity index (χ2v) is 4.06. The van der Waals surface area contributed by atoms with Crippen molar-refractivity contribution >= 4 is 11.6 Å². The van der Waals surface area contributed by atoms with Crippen LogP contribution in [0.4, 0.5) is 5.69 Å². The molecule has 0 bridgehead atoms. The van der Waals surface area contributed by atoms with Gasteiger partial charge in [-0.2, -0.15) is 5.10 Å². The van der Waals surface area contributed by atoms with Crippen molar-refractivity contribution in [1.82, 2.24) is 15.5 Å². The molecule has 1 aliphatic rings. The first-order valence-corrected chi connectivity index (χ1v) is 5.69. The van der Waals surface area contributed by atoms with E-state index in [1.807, 2.05) is 0 Å². The third-order valence-corrected chi connectivity index (χ3v) is 2.79. The zero-order valence-electron chi connectivity index (χ0n) is 9.97. The fourth-order valence-corrected chi connectivity index (χ4v) is 1.81. The first-order valence-electron chi connectivity index (χ1n) is 5.69. The minimum absolute atomic E-state index is 0.147. The second-order valence-electron chi connectivity index (χ2n) is 4.06. The Bertz CT molecular complexity index is 610. The van der Waals surface area contributed by atoms with Gasteiger partial charge in [-0.25, -0.2) is 0 Å². The number of nitrogen functional groups attached to an aromatic ring is 1.